The number of pyridine rings is 2. The summed E-state index contributed by atoms with van der Waals surface area (Å²) >= 11 is 0. The third kappa shape index (κ3) is 4.67. The monoisotopic (exact) mass is 547 g/mol. The number of nitrogens with one attached hydrogen (secondary N) is 3. The van der Waals surface area contributed by atoms with E-state index in [0.29, 0.717) is 45.2 Å². The van der Waals surface area contributed by atoms with E-state index in [1.807, 2.05) is 36.4 Å². The molecule has 4 heterocycles. The van der Waals surface area contributed by atoms with Crippen molar-refractivity contribution in [3.8, 4) is 39.7 Å². The lowest BCUT2D eigenvalue weighted by Crippen LogP contribution is -2.20. The zero-order chi connectivity index (χ0) is 27.9. The van der Waals surface area contributed by atoms with Crippen molar-refractivity contribution in [3.63, 3.8) is 0 Å². The van der Waals surface area contributed by atoms with E-state index in [4.69, 9.17) is 14.7 Å². The maximum absolute atomic E-state index is 14.3. The van der Waals surface area contributed by atoms with Gasteiger partial charge in [-0.1, -0.05) is 25.0 Å². The number of benzene rings is 2. The molecule has 0 radical (unpaired) electrons. The Balaban J connectivity index is 1.25. The normalized spacial score (nSPS) is 13.7. The largest absolute Gasteiger partial charge is 0.497 e. The van der Waals surface area contributed by atoms with Crippen LogP contribution in [0.1, 0.15) is 25.7 Å². The highest BCUT2D eigenvalue weighted by Crippen LogP contribution is 2.34. The number of nitrogens with zero attached hydrogens (tertiary/aromatic N) is 4. The summed E-state index contributed by atoms with van der Waals surface area (Å²) in [6, 6.07) is 16.0. The molecule has 0 bridgehead atoms. The fourth-order valence-corrected chi connectivity index (χ4v) is 5.52. The fourth-order valence-electron chi connectivity index (χ4n) is 5.52. The van der Waals surface area contributed by atoms with Gasteiger partial charge in [-0.05, 0) is 54.8 Å². The summed E-state index contributed by atoms with van der Waals surface area (Å²) in [5.74, 6) is 0.678. The SMILES string of the molecule is COc1cc(F)cc(-c2cccc3[nH]c(-c4n[nH]c5ccc(-c6cncc(NC(=O)C7CCCC7)c6)nc45)nc23)c1. The number of rotatable bonds is 6. The topological polar surface area (TPSA) is 121 Å². The van der Waals surface area contributed by atoms with Gasteiger partial charge in [-0.2, -0.15) is 5.10 Å². The molecular formula is C31H26FN7O2. The molecule has 10 heteroatoms. The van der Waals surface area contributed by atoms with Crippen LogP contribution >= 0.6 is 0 Å². The highest BCUT2D eigenvalue weighted by molar-refractivity contribution is 5.97. The van der Waals surface area contributed by atoms with Crippen LogP contribution in [0.4, 0.5) is 10.1 Å². The van der Waals surface area contributed by atoms with E-state index in [0.717, 1.165) is 47.8 Å². The van der Waals surface area contributed by atoms with Gasteiger partial charge in [-0.25, -0.2) is 14.4 Å². The number of ether oxygens (including phenoxy) is 1. The van der Waals surface area contributed by atoms with Crippen LogP contribution < -0.4 is 10.1 Å². The second kappa shape index (κ2) is 10.1. The molecule has 3 N–H and O–H groups in total. The highest BCUT2D eigenvalue weighted by atomic mass is 19.1. The number of para-hydroxylation sites is 1. The van der Waals surface area contributed by atoms with Crippen LogP contribution in [0.5, 0.6) is 5.75 Å². The Bertz CT molecular complexity index is 1920. The minimum absolute atomic E-state index is 0.0444. The van der Waals surface area contributed by atoms with Crippen molar-refractivity contribution in [2.45, 2.75) is 25.7 Å². The molecule has 1 saturated carbocycles. The van der Waals surface area contributed by atoms with E-state index in [1.54, 1.807) is 18.5 Å². The van der Waals surface area contributed by atoms with Gasteiger partial charge in [0.05, 0.1) is 41.2 Å². The van der Waals surface area contributed by atoms with Crippen molar-refractivity contribution in [1.29, 1.82) is 0 Å². The van der Waals surface area contributed by atoms with Gasteiger partial charge in [0.15, 0.2) is 11.5 Å². The number of hydrogen-bond acceptors (Lipinski definition) is 6. The summed E-state index contributed by atoms with van der Waals surface area (Å²) in [7, 11) is 1.51. The van der Waals surface area contributed by atoms with Gasteiger partial charge < -0.3 is 15.0 Å². The Kier molecular flexibility index (Phi) is 6.15. The first-order chi connectivity index (χ1) is 20.1. The van der Waals surface area contributed by atoms with Crippen LogP contribution in [0.2, 0.25) is 0 Å². The number of carbonyl (C=O) groups excluding carboxylic acids is 1. The molecule has 204 valence electrons. The summed E-state index contributed by atoms with van der Waals surface area (Å²) in [6.07, 6.45) is 7.43. The number of halogens is 1. The van der Waals surface area contributed by atoms with Gasteiger partial charge in [0.1, 0.15) is 17.1 Å². The number of hydrogen-bond donors (Lipinski definition) is 3. The zero-order valence-corrected chi connectivity index (χ0v) is 22.2. The average Bonchev–Trinajstić information content (AvgIpc) is 3.76. The van der Waals surface area contributed by atoms with E-state index >= 15 is 0 Å². The molecule has 1 amide bonds. The molecule has 0 unspecified atom stereocenters. The first-order valence-corrected chi connectivity index (χ1v) is 13.5. The maximum atomic E-state index is 14.3. The predicted molar refractivity (Wildman–Crippen MR) is 155 cm³/mol. The molecule has 0 aliphatic heterocycles. The Morgan fingerprint density at radius 3 is 2.71 bits per heavy atom. The molecular weight excluding hydrogens is 521 g/mol. The third-order valence-electron chi connectivity index (χ3n) is 7.59. The van der Waals surface area contributed by atoms with Gasteiger partial charge >= 0.3 is 0 Å². The molecule has 1 fully saturated rings. The third-order valence-corrected chi connectivity index (χ3v) is 7.59. The number of amides is 1. The van der Waals surface area contributed by atoms with E-state index in [2.05, 4.69) is 25.5 Å². The van der Waals surface area contributed by atoms with Crippen molar-refractivity contribution in [1.82, 2.24) is 30.1 Å². The lowest BCUT2D eigenvalue weighted by Gasteiger charge is -2.11. The minimum Gasteiger partial charge on any atom is -0.497 e. The Morgan fingerprint density at radius 1 is 0.976 bits per heavy atom. The van der Waals surface area contributed by atoms with Gasteiger partial charge in [0.2, 0.25) is 5.91 Å². The first kappa shape index (κ1) is 24.9. The van der Waals surface area contributed by atoms with Crippen LogP contribution in [0.25, 0.3) is 56.0 Å². The first-order valence-electron chi connectivity index (χ1n) is 13.5. The van der Waals surface area contributed by atoms with Crippen molar-refractivity contribution >= 4 is 33.7 Å². The van der Waals surface area contributed by atoms with Gasteiger partial charge in [0.25, 0.3) is 0 Å². The van der Waals surface area contributed by atoms with E-state index < -0.39 is 5.82 Å². The number of anilines is 1. The molecule has 4 aromatic heterocycles. The summed E-state index contributed by atoms with van der Waals surface area (Å²) in [6.45, 7) is 0. The van der Waals surface area contributed by atoms with Crippen LogP contribution in [0.3, 0.4) is 0 Å². The van der Waals surface area contributed by atoms with Crippen LogP contribution in [-0.4, -0.2) is 43.2 Å². The molecule has 1 aliphatic rings. The number of carbonyl (C=O) groups is 1. The zero-order valence-electron chi connectivity index (χ0n) is 22.2. The van der Waals surface area contributed by atoms with Crippen molar-refractivity contribution in [2.24, 2.45) is 5.92 Å². The number of aromatic nitrogens is 6. The quantitative estimate of drug-likeness (QED) is 0.219. The molecule has 0 spiro atoms. The number of aromatic amines is 2. The molecule has 9 nitrogen and oxygen atoms in total. The fraction of sp³-hybridized carbons (Fsp3) is 0.194. The summed E-state index contributed by atoms with van der Waals surface area (Å²) < 4.78 is 19.5. The highest BCUT2D eigenvalue weighted by Gasteiger charge is 2.23. The molecule has 7 rings (SSSR count). The van der Waals surface area contributed by atoms with Gasteiger partial charge in [-0.3, -0.25) is 14.9 Å². The summed E-state index contributed by atoms with van der Waals surface area (Å²) in [5, 5.41) is 10.6. The molecule has 2 aromatic carbocycles. The van der Waals surface area contributed by atoms with Crippen LogP contribution in [0.15, 0.2) is 67.0 Å². The van der Waals surface area contributed by atoms with E-state index in [-0.39, 0.29) is 11.8 Å². The van der Waals surface area contributed by atoms with Crippen LogP contribution in [-0.2, 0) is 4.79 Å². The summed E-state index contributed by atoms with van der Waals surface area (Å²) in [4.78, 5) is 30.1. The Morgan fingerprint density at radius 2 is 1.85 bits per heavy atom. The van der Waals surface area contributed by atoms with Crippen LogP contribution in [0, 0.1) is 11.7 Å². The minimum atomic E-state index is -0.390. The van der Waals surface area contributed by atoms with Crippen molar-refractivity contribution < 1.29 is 13.9 Å². The van der Waals surface area contributed by atoms with E-state index in [1.165, 1.54) is 19.2 Å². The lowest BCUT2D eigenvalue weighted by molar-refractivity contribution is -0.119. The Hall–Kier alpha value is -5.12. The van der Waals surface area contributed by atoms with E-state index in [9.17, 15) is 9.18 Å². The molecule has 1 aliphatic carbocycles. The van der Waals surface area contributed by atoms with Crippen molar-refractivity contribution in [2.75, 3.05) is 12.4 Å². The smallest absolute Gasteiger partial charge is 0.227 e. The number of methoxy groups -OCH3 is 1. The second-order valence-electron chi connectivity index (χ2n) is 10.3. The van der Waals surface area contributed by atoms with Crippen molar-refractivity contribution in [3.05, 3.63) is 72.8 Å². The number of imidazole rings is 1. The lowest BCUT2D eigenvalue weighted by atomic mass is 10.0. The Labute approximate surface area is 234 Å². The number of fused-ring (bicyclic) bond motifs is 2. The molecule has 0 saturated heterocycles. The second-order valence-corrected chi connectivity index (χ2v) is 10.3. The molecule has 6 aromatic rings. The van der Waals surface area contributed by atoms with Gasteiger partial charge in [0, 0.05) is 29.3 Å². The summed E-state index contributed by atoms with van der Waals surface area (Å²) in [5.41, 5.74) is 6.92. The molecule has 0 atom stereocenters. The standard InChI is InChI=1S/C31H26FN7O2/c1-41-22-13-18(11-20(32)14-22)23-7-4-8-25-27(23)37-30(36-25)29-28-26(38-39-29)10-9-24(35-28)19-12-21(16-33-15-19)34-31(40)17-5-2-3-6-17/h4,7-17H,2-3,5-6H2,1H3,(H,34,40)(H,36,37)(H,38,39). The number of H-pyrrole nitrogens is 2. The predicted octanol–water partition coefficient (Wildman–Crippen LogP) is 6.51. The maximum Gasteiger partial charge on any atom is 0.227 e. The molecule has 41 heavy (non-hydrogen) atoms. The van der Waals surface area contributed by atoms with Gasteiger partial charge in [-0.15, -0.1) is 0 Å². The average molecular weight is 548 g/mol.